The fourth-order valence-corrected chi connectivity index (χ4v) is 11.1. The molecule has 3 unspecified atom stereocenters. The van der Waals surface area contributed by atoms with Crippen molar-refractivity contribution in [1.82, 2.24) is 4.98 Å². The van der Waals surface area contributed by atoms with Crippen LogP contribution in [0.4, 0.5) is 0 Å². The normalized spacial score (nSPS) is 43.0. The highest BCUT2D eigenvalue weighted by molar-refractivity contribution is 7.99. The quantitative estimate of drug-likeness (QED) is 0.353. The Morgan fingerprint density at radius 2 is 1.75 bits per heavy atom. The number of thioether (sulfide) groups is 1. The second-order valence-electron chi connectivity index (χ2n) is 14.6. The Kier molecular flexibility index (Phi) is 7.93. The third kappa shape index (κ3) is 5.06. The summed E-state index contributed by atoms with van der Waals surface area (Å²) >= 11 is 1.75. The Balaban J connectivity index is 1.23. The first kappa shape index (κ1) is 27.0. The van der Waals surface area contributed by atoms with Gasteiger partial charge in [-0.05, 0) is 122 Å². The SMILES string of the molecule is CC(C)CCC[C@@H](C)[C@H]1CCC2C3CC[C@H]4C[C@@](O)(CSc5ccccn5)CC[C@]4(C)C3CC[C@@]21C. The van der Waals surface area contributed by atoms with Crippen molar-refractivity contribution < 1.29 is 5.11 Å². The molecule has 1 aromatic heterocycles. The second kappa shape index (κ2) is 10.6. The fourth-order valence-electron chi connectivity index (χ4n) is 10.1. The summed E-state index contributed by atoms with van der Waals surface area (Å²) in [5.74, 6) is 6.94. The average Bonchev–Trinajstić information content (AvgIpc) is 3.21. The van der Waals surface area contributed by atoms with Crippen molar-refractivity contribution in [2.24, 2.45) is 52.3 Å². The number of hydrogen-bond donors (Lipinski definition) is 1. The van der Waals surface area contributed by atoms with E-state index in [2.05, 4.69) is 51.7 Å². The van der Waals surface area contributed by atoms with Crippen molar-refractivity contribution in [3.63, 3.8) is 0 Å². The molecule has 0 aliphatic heterocycles. The van der Waals surface area contributed by atoms with Crippen LogP contribution in [0.15, 0.2) is 29.4 Å². The molecule has 0 amide bonds. The minimum Gasteiger partial charge on any atom is -0.389 e. The Hall–Kier alpha value is -0.540. The van der Waals surface area contributed by atoms with Crippen LogP contribution in [0, 0.1) is 52.3 Å². The van der Waals surface area contributed by atoms with Crippen molar-refractivity contribution in [3.05, 3.63) is 24.4 Å². The zero-order valence-corrected chi connectivity index (χ0v) is 24.7. The monoisotopic (exact) mass is 511 g/mol. The summed E-state index contributed by atoms with van der Waals surface area (Å²) in [5.41, 5.74) is 0.496. The molecule has 1 heterocycles. The molecule has 0 spiro atoms. The molecule has 0 saturated heterocycles. The molecule has 2 nitrogen and oxygen atoms in total. The second-order valence-corrected chi connectivity index (χ2v) is 15.6. The number of fused-ring (bicyclic) bond motifs is 5. The Bertz CT molecular complexity index is 874. The van der Waals surface area contributed by atoms with Crippen LogP contribution in [-0.2, 0) is 0 Å². The first-order valence-corrected chi connectivity index (χ1v) is 16.4. The Labute approximate surface area is 226 Å². The summed E-state index contributed by atoms with van der Waals surface area (Å²) in [6.45, 7) is 12.7. The summed E-state index contributed by atoms with van der Waals surface area (Å²) in [6.07, 6.45) is 18.0. The van der Waals surface area contributed by atoms with Gasteiger partial charge < -0.3 is 5.11 Å². The van der Waals surface area contributed by atoms with E-state index in [-0.39, 0.29) is 0 Å². The van der Waals surface area contributed by atoms with Gasteiger partial charge in [0.05, 0.1) is 10.6 Å². The molecule has 1 N–H and O–H groups in total. The van der Waals surface area contributed by atoms with Crippen LogP contribution in [0.1, 0.15) is 112 Å². The van der Waals surface area contributed by atoms with E-state index in [9.17, 15) is 5.11 Å². The molecule has 0 aromatic carbocycles. The van der Waals surface area contributed by atoms with E-state index in [1.807, 2.05) is 12.3 Å². The highest BCUT2D eigenvalue weighted by atomic mass is 32.2. The van der Waals surface area contributed by atoms with Crippen LogP contribution in [0.2, 0.25) is 0 Å². The molecular weight excluding hydrogens is 458 g/mol. The van der Waals surface area contributed by atoms with Crippen molar-refractivity contribution in [1.29, 1.82) is 0 Å². The molecule has 0 radical (unpaired) electrons. The highest BCUT2D eigenvalue weighted by Gasteiger charge is 2.61. The average molecular weight is 512 g/mol. The zero-order chi connectivity index (χ0) is 25.6. The maximum atomic E-state index is 11.6. The lowest BCUT2D eigenvalue weighted by Gasteiger charge is -2.62. The number of hydrogen-bond acceptors (Lipinski definition) is 3. The number of rotatable bonds is 8. The van der Waals surface area contributed by atoms with Crippen LogP contribution in [0.3, 0.4) is 0 Å². The van der Waals surface area contributed by atoms with Crippen LogP contribution >= 0.6 is 11.8 Å². The van der Waals surface area contributed by atoms with Gasteiger partial charge in [-0.2, -0.15) is 0 Å². The van der Waals surface area contributed by atoms with E-state index in [0.717, 1.165) is 59.1 Å². The van der Waals surface area contributed by atoms with Gasteiger partial charge in [-0.3, -0.25) is 0 Å². The van der Waals surface area contributed by atoms with Crippen LogP contribution in [0.25, 0.3) is 0 Å². The molecule has 202 valence electrons. The fraction of sp³-hybridized carbons (Fsp3) is 0.848. The minimum atomic E-state index is -0.522. The van der Waals surface area contributed by atoms with E-state index in [1.165, 1.54) is 64.2 Å². The topological polar surface area (TPSA) is 33.1 Å². The summed E-state index contributed by atoms with van der Waals surface area (Å²) in [6, 6.07) is 6.10. The molecule has 3 heteroatoms. The molecule has 4 aliphatic rings. The first-order chi connectivity index (χ1) is 17.1. The summed E-state index contributed by atoms with van der Waals surface area (Å²) < 4.78 is 0. The van der Waals surface area contributed by atoms with Gasteiger partial charge in [0.2, 0.25) is 0 Å². The van der Waals surface area contributed by atoms with Crippen LogP contribution in [-0.4, -0.2) is 21.4 Å². The zero-order valence-electron chi connectivity index (χ0n) is 23.8. The van der Waals surface area contributed by atoms with Crippen molar-refractivity contribution in [2.75, 3.05) is 5.75 Å². The van der Waals surface area contributed by atoms with Crippen molar-refractivity contribution >= 4 is 11.8 Å². The lowest BCUT2D eigenvalue weighted by atomic mass is 9.43. The van der Waals surface area contributed by atoms with Crippen LogP contribution < -0.4 is 0 Å². The number of pyridine rings is 1. The lowest BCUT2D eigenvalue weighted by molar-refractivity contribution is -0.146. The molecule has 4 aliphatic carbocycles. The van der Waals surface area contributed by atoms with Gasteiger partial charge in [0.25, 0.3) is 0 Å². The standard InChI is InChI=1S/C33H53NOS/c1-23(2)9-8-10-24(3)27-14-15-28-26-13-12-25-21-33(35,22-36-30-11-6-7-20-34-30)19-18-31(25,4)29(26)16-17-32(27,28)5/h6-7,11,20,23-29,35H,8-10,12-19,21-22H2,1-5H3/t24-,25+,26?,27-,28?,29?,31+,32-,33-/m1/s1. The minimum absolute atomic E-state index is 0.438. The van der Waals surface area contributed by atoms with Gasteiger partial charge >= 0.3 is 0 Å². The van der Waals surface area contributed by atoms with E-state index in [4.69, 9.17) is 0 Å². The van der Waals surface area contributed by atoms with Gasteiger partial charge in [0.15, 0.2) is 0 Å². The van der Waals surface area contributed by atoms with E-state index in [0.29, 0.717) is 16.7 Å². The largest absolute Gasteiger partial charge is 0.389 e. The molecule has 4 fully saturated rings. The molecular formula is C33H53NOS. The number of nitrogens with zero attached hydrogens (tertiary/aromatic N) is 1. The molecule has 4 saturated carbocycles. The smallest absolute Gasteiger partial charge is 0.0960 e. The molecule has 9 atom stereocenters. The van der Waals surface area contributed by atoms with Crippen molar-refractivity contribution in [2.45, 2.75) is 122 Å². The number of aromatic nitrogens is 1. The van der Waals surface area contributed by atoms with E-state index >= 15 is 0 Å². The van der Waals surface area contributed by atoms with Crippen LogP contribution in [0.5, 0.6) is 0 Å². The predicted molar refractivity (Wildman–Crippen MR) is 153 cm³/mol. The lowest BCUT2D eigenvalue weighted by Crippen LogP contribution is -2.56. The Morgan fingerprint density at radius 3 is 2.50 bits per heavy atom. The highest BCUT2D eigenvalue weighted by Crippen LogP contribution is 2.69. The Morgan fingerprint density at radius 1 is 0.944 bits per heavy atom. The first-order valence-electron chi connectivity index (χ1n) is 15.4. The summed E-state index contributed by atoms with van der Waals surface area (Å²) in [7, 11) is 0. The van der Waals surface area contributed by atoms with Gasteiger partial charge in [-0.25, -0.2) is 4.98 Å². The summed E-state index contributed by atoms with van der Waals surface area (Å²) in [4.78, 5) is 4.47. The molecule has 1 aromatic rings. The molecule has 0 bridgehead atoms. The van der Waals surface area contributed by atoms with Gasteiger partial charge in [0, 0.05) is 11.9 Å². The molecule has 36 heavy (non-hydrogen) atoms. The van der Waals surface area contributed by atoms with Gasteiger partial charge in [0.1, 0.15) is 0 Å². The summed E-state index contributed by atoms with van der Waals surface area (Å²) in [5, 5.41) is 12.7. The number of aliphatic hydroxyl groups is 1. The maximum Gasteiger partial charge on any atom is 0.0960 e. The third-order valence-corrected chi connectivity index (χ3v) is 13.4. The predicted octanol–water partition coefficient (Wildman–Crippen LogP) is 9.03. The molecule has 5 rings (SSSR count). The van der Waals surface area contributed by atoms with E-state index in [1.54, 1.807) is 11.8 Å². The van der Waals surface area contributed by atoms with E-state index < -0.39 is 5.60 Å². The maximum absolute atomic E-state index is 11.6. The van der Waals surface area contributed by atoms with Gasteiger partial charge in [-0.1, -0.05) is 59.9 Å². The van der Waals surface area contributed by atoms with Gasteiger partial charge in [-0.15, -0.1) is 11.8 Å². The third-order valence-electron chi connectivity index (χ3n) is 12.1. The van der Waals surface area contributed by atoms with Crippen molar-refractivity contribution in [3.8, 4) is 0 Å².